The number of hydrogen-bond donors (Lipinski definition) is 6. The number of primary amides is 2. The number of amides is 5. The van der Waals surface area contributed by atoms with E-state index in [2.05, 4.69) is 10.6 Å². The van der Waals surface area contributed by atoms with E-state index in [0.29, 0.717) is 12.8 Å². The lowest BCUT2D eigenvalue weighted by Gasteiger charge is -2.29. The van der Waals surface area contributed by atoms with Crippen molar-refractivity contribution in [2.24, 2.45) is 23.1 Å². The van der Waals surface area contributed by atoms with Crippen LogP contribution in [0.5, 0.6) is 0 Å². The van der Waals surface area contributed by atoms with E-state index in [0.717, 1.165) is 0 Å². The zero-order chi connectivity index (χ0) is 25.3. The number of hydrogen-bond acceptors (Lipinski definition) is 7. The van der Waals surface area contributed by atoms with E-state index < -0.39 is 66.1 Å². The Morgan fingerprint density at radius 2 is 1.67 bits per heavy atom. The number of nitrogens with one attached hydrogen (secondary N) is 2. The fraction of sp³-hybridized carbons (Fsp3) is 0.700. The van der Waals surface area contributed by atoms with Gasteiger partial charge < -0.3 is 37.8 Å². The molecule has 4 atom stereocenters. The van der Waals surface area contributed by atoms with Crippen LogP contribution >= 0.6 is 0 Å². The number of rotatable bonds is 13. The molecule has 5 amide bonds. The molecular weight excluding hydrogens is 436 g/mol. The number of likely N-dealkylation sites (tertiary alicyclic amines) is 1. The molecule has 0 aromatic heterocycles. The number of carbonyl (C=O) groups is 6. The summed E-state index contributed by atoms with van der Waals surface area (Å²) in [5.41, 5.74) is 16.0. The third kappa shape index (κ3) is 9.04. The zero-order valence-electron chi connectivity index (χ0n) is 18.9. The van der Waals surface area contributed by atoms with Gasteiger partial charge in [-0.1, -0.05) is 13.8 Å². The molecule has 1 fully saturated rings. The molecule has 0 aromatic rings. The van der Waals surface area contributed by atoms with E-state index in [-0.39, 0.29) is 31.7 Å². The molecule has 0 radical (unpaired) electrons. The Balaban J connectivity index is 2.94. The summed E-state index contributed by atoms with van der Waals surface area (Å²) in [6, 6.07) is -4.58. The minimum absolute atomic E-state index is 0.0154. The van der Waals surface area contributed by atoms with E-state index in [1.165, 1.54) is 4.90 Å². The Morgan fingerprint density at radius 1 is 1.03 bits per heavy atom. The van der Waals surface area contributed by atoms with Gasteiger partial charge in [-0.05, 0) is 31.6 Å². The Kier molecular flexibility index (Phi) is 10.7. The number of carboxylic acid groups (broad SMARTS) is 1. The molecule has 0 saturated carbocycles. The normalized spacial score (nSPS) is 18.3. The van der Waals surface area contributed by atoms with Crippen molar-refractivity contribution in [2.75, 3.05) is 6.54 Å². The third-order valence-corrected chi connectivity index (χ3v) is 5.22. The van der Waals surface area contributed by atoms with Crippen molar-refractivity contribution in [3.63, 3.8) is 0 Å². The highest BCUT2D eigenvalue weighted by atomic mass is 16.4. The first-order valence-corrected chi connectivity index (χ1v) is 10.8. The summed E-state index contributed by atoms with van der Waals surface area (Å²) in [4.78, 5) is 73.3. The molecule has 9 N–H and O–H groups in total. The average Bonchev–Trinajstić information content (AvgIpc) is 3.19. The minimum Gasteiger partial charge on any atom is -0.480 e. The van der Waals surface area contributed by atoms with E-state index in [4.69, 9.17) is 17.2 Å². The van der Waals surface area contributed by atoms with E-state index in [9.17, 15) is 33.9 Å². The molecule has 0 spiro atoms. The summed E-state index contributed by atoms with van der Waals surface area (Å²) in [7, 11) is 0. The first kappa shape index (κ1) is 27.8. The van der Waals surface area contributed by atoms with Gasteiger partial charge in [-0.2, -0.15) is 0 Å². The standard InChI is InChI=1S/C20H34N6O7/c1-10(2)8-13(20(32)33)25-18(30)14-4-3-7-26(14)19(31)12(9-16(23)28)24-17(29)11(21)5-6-15(22)27/h10-14H,3-9,21H2,1-2H3,(H2,22,27)(H2,23,28)(H,24,29)(H,25,30)(H,32,33). The highest BCUT2D eigenvalue weighted by Crippen LogP contribution is 2.20. The largest absolute Gasteiger partial charge is 0.480 e. The Bertz CT molecular complexity index is 772. The SMILES string of the molecule is CC(C)CC(NC(=O)C1CCCN1C(=O)C(CC(N)=O)NC(=O)C(N)CCC(N)=O)C(=O)O. The van der Waals surface area contributed by atoms with E-state index in [1.807, 2.05) is 13.8 Å². The second-order valence-corrected chi connectivity index (χ2v) is 8.56. The maximum absolute atomic E-state index is 13.1. The maximum Gasteiger partial charge on any atom is 0.326 e. The number of nitrogens with zero attached hydrogens (tertiary/aromatic N) is 1. The van der Waals surface area contributed by atoms with Crippen LogP contribution in [0.3, 0.4) is 0 Å². The van der Waals surface area contributed by atoms with Gasteiger partial charge in [0.25, 0.3) is 0 Å². The highest BCUT2D eigenvalue weighted by molar-refractivity contribution is 5.96. The molecule has 186 valence electrons. The van der Waals surface area contributed by atoms with Crippen molar-refractivity contribution in [1.82, 2.24) is 15.5 Å². The number of aliphatic carboxylic acids is 1. The van der Waals surface area contributed by atoms with Gasteiger partial charge in [0.05, 0.1) is 12.5 Å². The predicted molar refractivity (Wildman–Crippen MR) is 116 cm³/mol. The number of carboxylic acids is 1. The second-order valence-electron chi connectivity index (χ2n) is 8.56. The molecular formula is C20H34N6O7. The molecule has 1 aliphatic rings. The minimum atomic E-state index is -1.37. The van der Waals surface area contributed by atoms with Crippen molar-refractivity contribution in [3.8, 4) is 0 Å². The number of carbonyl (C=O) groups excluding carboxylic acids is 5. The Morgan fingerprint density at radius 3 is 2.18 bits per heavy atom. The molecule has 1 heterocycles. The van der Waals surface area contributed by atoms with Gasteiger partial charge in [0, 0.05) is 13.0 Å². The van der Waals surface area contributed by atoms with Gasteiger partial charge in [-0.3, -0.25) is 24.0 Å². The lowest BCUT2D eigenvalue weighted by molar-refractivity contribution is -0.145. The fourth-order valence-electron chi connectivity index (χ4n) is 3.57. The first-order valence-electron chi connectivity index (χ1n) is 10.8. The quantitative estimate of drug-likeness (QED) is 0.169. The zero-order valence-corrected chi connectivity index (χ0v) is 18.9. The van der Waals surface area contributed by atoms with Gasteiger partial charge in [0.15, 0.2) is 0 Å². The summed E-state index contributed by atoms with van der Waals surface area (Å²) >= 11 is 0. The van der Waals surface area contributed by atoms with Crippen molar-refractivity contribution < 1.29 is 33.9 Å². The lowest BCUT2D eigenvalue weighted by Crippen LogP contribution is -2.57. The molecule has 0 aromatic carbocycles. The first-order chi connectivity index (χ1) is 15.3. The molecule has 33 heavy (non-hydrogen) atoms. The maximum atomic E-state index is 13.1. The fourth-order valence-corrected chi connectivity index (χ4v) is 3.57. The number of nitrogens with two attached hydrogens (primary N) is 3. The van der Waals surface area contributed by atoms with Crippen LogP contribution in [0.15, 0.2) is 0 Å². The smallest absolute Gasteiger partial charge is 0.326 e. The summed E-state index contributed by atoms with van der Waals surface area (Å²) in [5.74, 6) is -4.79. The molecule has 0 bridgehead atoms. The second kappa shape index (κ2) is 12.7. The third-order valence-electron chi connectivity index (χ3n) is 5.22. The summed E-state index contributed by atoms with van der Waals surface area (Å²) in [6.07, 6.45) is 0.259. The van der Waals surface area contributed by atoms with Crippen LogP contribution in [0.4, 0.5) is 0 Å². The summed E-state index contributed by atoms with van der Waals surface area (Å²) in [5, 5.41) is 14.2. The Hall–Kier alpha value is -3.22. The van der Waals surface area contributed by atoms with Crippen molar-refractivity contribution in [1.29, 1.82) is 0 Å². The van der Waals surface area contributed by atoms with Crippen LogP contribution in [0.2, 0.25) is 0 Å². The van der Waals surface area contributed by atoms with Crippen LogP contribution in [0.1, 0.15) is 52.4 Å². The van der Waals surface area contributed by atoms with Crippen LogP contribution in [-0.4, -0.2) is 76.2 Å². The monoisotopic (exact) mass is 470 g/mol. The molecule has 13 nitrogen and oxygen atoms in total. The topological polar surface area (TPSA) is 228 Å². The summed E-state index contributed by atoms with van der Waals surface area (Å²) in [6.45, 7) is 3.81. The molecule has 1 aliphatic heterocycles. The molecule has 4 unspecified atom stereocenters. The van der Waals surface area contributed by atoms with Crippen molar-refractivity contribution in [2.45, 2.75) is 76.5 Å². The van der Waals surface area contributed by atoms with Crippen molar-refractivity contribution in [3.05, 3.63) is 0 Å². The van der Waals surface area contributed by atoms with Gasteiger partial charge >= 0.3 is 5.97 Å². The predicted octanol–water partition coefficient (Wildman–Crippen LogP) is -2.45. The van der Waals surface area contributed by atoms with Gasteiger partial charge in [-0.15, -0.1) is 0 Å². The van der Waals surface area contributed by atoms with Gasteiger partial charge in [0.1, 0.15) is 18.1 Å². The molecule has 1 rings (SSSR count). The van der Waals surface area contributed by atoms with Crippen molar-refractivity contribution >= 4 is 35.5 Å². The molecule has 13 heteroatoms. The van der Waals surface area contributed by atoms with Gasteiger partial charge in [0.2, 0.25) is 29.5 Å². The van der Waals surface area contributed by atoms with Crippen LogP contribution in [0, 0.1) is 5.92 Å². The van der Waals surface area contributed by atoms with E-state index >= 15 is 0 Å². The lowest BCUT2D eigenvalue weighted by atomic mass is 10.0. The van der Waals surface area contributed by atoms with E-state index in [1.54, 1.807) is 0 Å². The summed E-state index contributed by atoms with van der Waals surface area (Å²) < 4.78 is 0. The average molecular weight is 471 g/mol. The van der Waals surface area contributed by atoms with Gasteiger partial charge in [-0.25, -0.2) is 4.79 Å². The highest BCUT2D eigenvalue weighted by Gasteiger charge is 2.39. The molecule has 1 saturated heterocycles. The van der Waals surface area contributed by atoms with Crippen LogP contribution in [0.25, 0.3) is 0 Å². The van der Waals surface area contributed by atoms with Crippen LogP contribution < -0.4 is 27.8 Å². The Labute approximate surface area is 191 Å². The molecule has 0 aliphatic carbocycles. The van der Waals surface area contributed by atoms with Crippen LogP contribution in [-0.2, 0) is 28.8 Å².